The van der Waals surface area contributed by atoms with Crippen molar-refractivity contribution >= 4 is 16.9 Å². The number of benzene rings is 1. The first kappa shape index (κ1) is 20.4. The van der Waals surface area contributed by atoms with Crippen LogP contribution in [0.5, 0.6) is 0 Å². The van der Waals surface area contributed by atoms with Crippen molar-refractivity contribution in [1.82, 2.24) is 25.1 Å². The fraction of sp³-hybridized carbons (Fsp3) is 0.286. The zero-order chi connectivity index (χ0) is 22.5. The number of methoxy groups -OCH3 is 1. The van der Waals surface area contributed by atoms with Crippen molar-refractivity contribution < 1.29 is 22.3 Å². The summed E-state index contributed by atoms with van der Waals surface area (Å²) in [4.78, 5) is 12.7. The highest BCUT2D eigenvalue weighted by Gasteiger charge is 2.32. The molecule has 0 bridgehead atoms. The summed E-state index contributed by atoms with van der Waals surface area (Å²) in [6.45, 7) is 1.04. The van der Waals surface area contributed by atoms with Crippen LogP contribution in [0.4, 0.5) is 23.5 Å². The molecule has 4 aromatic rings. The fourth-order valence-corrected chi connectivity index (χ4v) is 4.08. The van der Waals surface area contributed by atoms with Crippen LogP contribution >= 0.6 is 0 Å². The molecule has 0 fully saturated rings. The second-order valence-electron chi connectivity index (χ2n) is 7.56. The van der Waals surface area contributed by atoms with Crippen molar-refractivity contribution in [2.45, 2.75) is 25.7 Å². The molecular weight excluding hydrogens is 428 g/mol. The van der Waals surface area contributed by atoms with Crippen molar-refractivity contribution in [2.24, 2.45) is 0 Å². The summed E-state index contributed by atoms with van der Waals surface area (Å²) in [7, 11) is 1.54. The SMILES string of the molecule is COCc1cc(F)c(-c2n[nH]c3c2CN(c2ncc(C(F)(F)F)cn2)CC3)c2cc[nH]c12. The van der Waals surface area contributed by atoms with Gasteiger partial charge in [-0.05, 0) is 12.1 Å². The molecule has 0 amide bonds. The molecule has 5 rings (SSSR count). The van der Waals surface area contributed by atoms with E-state index in [1.807, 2.05) is 0 Å². The maximum atomic E-state index is 15.2. The minimum Gasteiger partial charge on any atom is -0.380 e. The van der Waals surface area contributed by atoms with Crippen LogP contribution in [-0.4, -0.2) is 38.8 Å². The van der Waals surface area contributed by atoms with Crippen LogP contribution in [0.3, 0.4) is 0 Å². The van der Waals surface area contributed by atoms with E-state index in [1.54, 1.807) is 24.3 Å². The van der Waals surface area contributed by atoms with E-state index >= 15 is 4.39 Å². The van der Waals surface area contributed by atoms with Crippen molar-refractivity contribution in [1.29, 1.82) is 0 Å². The van der Waals surface area contributed by atoms with E-state index in [1.165, 1.54) is 6.07 Å². The summed E-state index contributed by atoms with van der Waals surface area (Å²) >= 11 is 0. The van der Waals surface area contributed by atoms with Gasteiger partial charge in [0.05, 0.1) is 17.7 Å². The summed E-state index contributed by atoms with van der Waals surface area (Å²) in [5.74, 6) is -0.250. The molecule has 0 aliphatic carbocycles. The van der Waals surface area contributed by atoms with Crippen LogP contribution in [0.2, 0.25) is 0 Å². The topological polar surface area (TPSA) is 82.7 Å². The zero-order valence-corrected chi connectivity index (χ0v) is 16.9. The van der Waals surface area contributed by atoms with Crippen molar-refractivity contribution in [3.05, 3.63) is 58.9 Å². The van der Waals surface area contributed by atoms with Crippen LogP contribution in [0.15, 0.2) is 30.7 Å². The average molecular weight is 446 g/mol. The molecule has 0 saturated heterocycles. The van der Waals surface area contributed by atoms with E-state index in [2.05, 4.69) is 25.1 Å². The number of nitrogens with zero attached hydrogens (tertiary/aromatic N) is 4. The largest absolute Gasteiger partial charge is 0.419 e. The van der Waals surface area contributed by atoms with Crippen LogP contribution < -0.4 is 4.90 Å². The van der Waals surface area contributed by atoms with E-state index in [0.29, 0.717) is 35.2 Å². The number of hydrogen-bond acceptors (Lipinski definition) is 5. The maximum absolute atomic E-state index is 15.2. The number of fused-ring (bicyclic) bond motifs is 2. The molecule has 1 aliphatic rings. The Kier molecular flexibility index (Phi) is 4.85. The Balaban J connectivity index is 1.53. The number of nitrogens with one attached hydrogen (secondary N) is 2. The van der Waals surface area contributed by atoms with E-state index < -0.39 is 17.6 Å². The van der Waals surface area contributed by atoms with E-state index in [4.69, 9.17) is 4.74 Å². The third-order valence-corrected chi connectivity index (χ3v) is 5.60. The molecular formula is C21H18F4N6O. The monoisotopic (exact) mass is 446 g/mol. The molecule has 3 aromatic heterocycles. The normalized spacial score (nSPS) is 14.2. The van der Waals surface area contributed by atoms with Gasteiger partial charge in [0.1, 0.15) is 11.5 Å². The molecule has 0 unspecified atom stereocenters. The summed E-state index contributed by atoms with van der Waals surface area (Å²) < 4.78 is 58.9. The van der Waals surface area contributed by atoms with E-state index in [0.717, 1.165) is 29.2 Å². The molecule has 1 aliphatic heterocycles. The number of aromatic nitrogens is 5. The van der Waals surface area contributed by atoms with Crippen molar-refractivity contribution in [3.63, 3.8) is 0 Å². The van der Waals surface area contributed by atoms with Gasteiger partial charge in [-0.2, -0.15) is 18.3 Å². The standard InChI is InChI=1S/C21H18F4N6O/c1-32-10-11-6-15(22)17(13-2-4-26-18(11)13)19-14-9-31(5-3-16(14)29-30-19)20-27-7-12(8-28-20)21(23,24)25/h2,4,6-8,26H,3,5,9-10H2,1H3,(H,29,30). The predicted octanol–water partition coefficient (Wildman–Crippen LogP) is 4.22. The lowest BCUT2D eigenvalue weighted by atomic mass is 9.97. The highest BCUT2D eigenvalue weighted by molar-refractivity contribution is 5.97. The Morgan fingerprint density at radius 1 is 1.22 bits per heavy atom. The molecule has 0 atom stereocenters. The number of rotatable bonds is 4. The van der Waals surface area contributed by atoms with Gasteiger partial charge in [-0.25, -0.2) is 14.4 Å². The fourth-order valence-electron chi connectivity index (χ4n) is 4.08. The quantitative estimate of drug-likeness (QED) is 0.459. The first-order chi connectivity index (χ1) is 15.4. The first-order valence-electron chi connectivity index (χ1n) is 9.85. The average Bonchev–Trinajstić information content (AvgIpc) is 3.41. The van der Waals surface area contributed by atoms with Gasteiger partial charge in [-0.15, -0.1) is 0 Å². The molecule has 0 radical (unpaired) electrons. The Labute approximate surface area is 179 Å². The minimum atomic E-state index is -4.50. The van der Waals surface area contributed by atoms with Crippen LogP contribution in [0.1, 0.15) is 22.4 Å². The third-order valence-electron chi connectivity index (χ3n) is 5.60. The Bertz CT molecular complexity index is 1280. The Morgan fingerprint density at radius 2 is 2.00 bits per heavy atom. The number of alkyl halides is 3. The number of ether oxygens (including phenoxy) is 1. The van der Waals surface area contributed by atoms with Gasteiger partial charge < -0.3 is 14.6 Å². The second kappa shape index (κ2) is 7.59. The van der Waals surface area contributed by atoms with Gasteiger partial charge in [0.15, 0.2) is 0 Å². The third kappa shape index (κ3) is 3.38. The number of hydrogen-bond donors (Lipinski definition) is 2. The highest BCUT2D eigenvalue weighted by Crippen LogP contribution is 2.37. The zero-order valence-electron chi connectivity index (χ0n) is 16.9. The lowest BCUT2D eigenvalue weighted by Crippen LogP contribution is -2.31. The number of aromatic amines is 2. The summed E-state index contributed by atoms with van der Waals surface area (Å²) in [5, 5.41) is 8.04. The molecule has 166 valence electrons. The number of H-pyrrole nitrogens is 2. The summed E-state index contributed by atoms with van der Waals surface area (Å²) in [6, 6.07) is 3.21. The predicted molar refractivity (Wildman–Crippen MR) is 108 cm³/mol. The van der Waals surface area contributed by atoms with E-state index in [-0.39, 0.29) is 19.1 Å². The molecule has 2 N–H and O–H groups in total. The molecule has 11 heteroatoms. The van der Waals surface area contributed by atoms with Gasteiger partial charge in [0, 0.05) is 73.0 Å². The number of halogens is 4. The van der Waals surface area contributed by atoms with Crippen LogP contribution in [0.25, 0.3) is 22.2 Å². The maximum Gasteiger partial charge on any atom is 0.419 e. The van der Waals surface area contributed by atoms with Crippen molar-refractivity contribution in [3.8, 4) is 11.3 Å². The molecule has 32 heavy (non-hydrogen) atoms. The lowest BCUT2D eigenvalue weighted by molar-refractivity contribution is -0.138. The summed E-state index contributed by atoms with van der Waals surface area (Å²) in [6.07, 6.45) is -0.683. The molecule has 7 nitrogen and oxygen atoms in total. The van der Waals surface area contributed by atoms with Crippen molar-refractivity contribution in [2.75, 3.05) is 18.6 Å². The molecule has 0 spiro atoms. The second-order valence-corrected chi connectivity index (χ2v) is 7.56. The van der Waals surface area contributed by atoms with Crippen LogP contribution in [0, 0.1) is 5.82 Å². The summed E-state index contributed by atoms with van der Waals surface area (Å²) in [5.41, 5.74) is 2.98. The Hall–Kier alpha value is -3.47. The highest BCUT2D eigenvalue weighted by atomic mass is 19.4. The van der Waals surface area contributed by atoms with Gasteiger partial charge in [0.2, 0.25) is 5.95 Å². The van der Waals surface area contributed by atoms with E-state index in [9.17, 15) is 13.2 Å². The molecule has 0 saturated carbocycles. The minimum absolute atomic E-state index is 0.179. The Morgan fingerprint density at radius 3 is 2.72 bits per heavy atom. The first-order valence-corrected chi connectivity index (χ1v) is 9.85. The smallest absolute Gasteiger partial charge is 0.380 e. The van der Waals surface area contributed by atoms with Gasteiger partial charge >= 0.3 is 6.18 Å². The van der Waals surface area contributed by atoms with Gasteiger partial charge in [-0.1, -0.05) is 0 Å². The van der Waals surface area contributed by atoms with Gasteiger partial charge in [0.25, 0.3) is 0 Å². The van der Waals surface area contributed by atoms with Crippen LogP contribution in [-0.2, 0) is 30.5 Å². The lowest BCUT2D eigenvalue weighted by Gasteiger charge is -2.27. The van der Waals surface area contributed by atoms with Gasteiger partial charge in [-0.3, -0.25) is 5.10 Å². The number of anilines is 1. The molecule has 1 aromatic carbocycles. The molecule has 4 heterocycles.